The van der Waals surface area contributed by atoms with Crippen molar-refractivity contribution in [3.05, 3.63) is 59.7 Å². The van der Waals surface area contributed by atoms with Crippen LogP contribution in [-0.4, -0.2) is 14.2 Å². The second kappa shape index (κ2) is 6.16. The molecule has 2 aromatic rings. The molecule has 2 rings (SSSR count). The van der Waals surface area contributed by atoms with E-state index in [2.05, 4.69) is 4.72 Å². The van der Waals surface area contributed by atoms with E-state index in [-0.39, 0.29) is 10.7 Å². The maximum atomic E-state index is 12.3. The molecular weight excluding hydrogens is 310 g/mol. The molecule has 0 atom stereocenters. The highest BCUT2D eigenvalue weighted by Crippen LogP contribution is 2.23. The molecule has 0 radical (unpaired) electrons. The zero-order valence-electron chi connectivity index (χ0n) is 13.8. The average Bonchev–Trinajstić information content (AvgIpc) is 2.46. The van der Waals surface area contributed by atoms with E-state index in [1.165, 1.54) is 0 Å². The van der Waals surface area contributed by atoms with E-state index >= 15 is 0 Å². The lowest BCUT2D eigenvalue weighted by Crippen LogP contribution is -2.20. The molecule has 0 spiro atoms. The Kier molecular flexibility index (Phi) is 4.61. The number of Topliss-reactive ketones (excluding diaryl/α,β-unsaturated/α-hetero) is 1. The van der Waals surface area contributed by atoms with Gasteiger partial charge in [-0.15, -0.1) is 0 Å². The van der Waals surface area contributed by atoms with Gasteiger partial charge in [0.15, 0.2) is 5.78 Å². The topological polar surface area (TPSA) is 63.2 Å². The third-order valence-corrected chi connectivity index (χ3v) is 4.81. The van der Waals surface area contributed by atoms with Gasteiger partial charge in [-0.3, -0.25) is 9.52 Å². The van der Waals surface area contributed by atoms with Crippen LogP contribution in [0.15, 0.2) is 53.4 Å². The first kappa shape index (κ1) is 17.2. The molecule has 23 heavy (non-hydrogen) atoms. The number of aryl methyl sites for hydroxylation is 1. The number of ketones is 1. The summed E-state index contributed by atoms with van der Waals surface area (Å²) in [5.74, 6) is 0.0189. The molecule has 0 bridgehead atoms. The van der Waals surface area contributed by atoms with Crippen LogP contribution in [0.5, 0.6) is 0 Å². The number of benzene rings is 2. The fourth-order valence-electron chi connectivity index (χ4n) is 2.05. The fourth-order valence-corrected chi connectivity index (χ4v) is 3.11. The fraction of sp³-hybridized carbons (Fsp3) is 0.278. The standard InChI is InChI=1S/C18H21NO3S/c1-13-5-11-16(12-6-13)23(21,22)19-15-9-7-14(8-10-15)17(20)18(2,3)4/h5-12,19H,1-4H3. The van der Waals surface area contributed by atoms with Crippen LogP contribution in [0.25, 0.3) is 0 Å². The maximum absolute atomic E-state index is 12.3. The van der Waals surface area contributed by atoms with Crippen LogP contribution < -0.4 is 4.72 Å². The van der Waals surface area contributed by atoms with Crippen LogP contribution in [0.3, 0.4) is 0 Å². The number of anilines is 1. The summed E-state index contributed by atoms with van der Waals surface area (Å²) < 4.78 is 27.1. The van der Waals surface area contributed by atoms with Crippen molar-refractivity contribution >= 4 is 21.5 Å². The molecule has 0 fully saturated rings. The predicted octanol–water partition coefficient (Wildman–Crippen LogP) is 4.02. The summed E-state index contributed by atoms with van der Waals surface area (Å²) in [6.45, 7) is 7.45. The Hall–Kier alpha value is -2.14. The largest absolute Gasteiger partial charge is 0.294 e. The number of carbonyl (C=O) groups excluding carboxylic acids is 1. The van der Waals surface area contributed by atoms with E-state index in [4.69, 9.17) is 0 Å². The van der Waals surface area contributed by atoms with Crippen LogP contribution in [0.4, 0.5) is 5.69 Å². The third kappa shape index (κ3) is 4.20. The predicted molar refractivity (Wildman–Crippen MR) is 92.2 cm³/mol. The molecule has 122 valence electrons. The van der Waals surface area contributed by atoms with E-state index in [9.17, 15) is 13.2 Å². The number of hydrogen-bond acceptors (Lipinski definition) is 3. The Morgan fingerprint density at radius 2 is 1.43 bits per heavy atom. The maximum Gasteiger partial charge on any atom is 0.261 e. The van der Waals surface area contributed by atoms with E-state index in [1.807, 2.05) is 27.7 Å². The van der Waals surface area contributed by atoms with Crippen LogP contribution in [0.2, 0.25) is 0 Å². The summed E-state index contributed by atoms with van der Waals surface area (Å²) >= 11 is 0. The number of rotatable bonds is 4. The van der Waals surface area contributed by atoms with Crippen LogP contribution in [0, 0.1) is 12.3 Å². The monoisotopic (exact) mass is 331 g/mol. The molecule has 0 saturated carbocycles. The molecule has 0 aromatic heterocycles. The van der Waals surface area contributed by atoms with E-state index < -0.39 is 15.4 Å². The normalized spacial score (nSPS) is 12.0. The first-order valence-corrected chi connectivity index (χ1v) is 8.82. The van der Waals surface area contributed by atoms with Crippen LogP contribution in [-0.2, 0) is 10.0 Å². The quantitative estimate of drug-likeness (QED) is 0.861. The molecule has 0 amide bonds. The van der Waals surface area contributed by atoms with Gasteiger partial charge in [-0.25, -0.2) is 8.42 Å². The van der Waals surface area contributed by atoms with Gasteiger partial charge in [-0.1, -0.05) is 38.5 Å². The molecule has 1 N–H and O–H groups in total. The van der Waals surface area contributed by atoms with Crippen molar-refractivity contribution in [2.24, 2.45) is 5.41 Å². The molecule has 2 aromatic carbocycles. The van der Waals surface area contributed by atoms with E-state index in [0.29, 0.717) is 11.3 Å². The summed E-state index contributed by atoms with van der Waals surface area (Å²) in [6.07, 6.45) is 0. The van der Waals surface area contributed by atoms with Crippen molar-refractivity contribution in [2.75, 3.05) is 4.72 Å². The van der Waals surface area contributed by atoms with Gasteiger partial charge in [-0.05, 0) is 43.3 Å². The molecule has 0 heterocycles. The molecule has 0 saturated heterocycles. The first-order chi connectivity index (χ1) is 10.6. The van der Waals surface area contributed by atoms with Crippen LogP contribution >= 0.6 is 0 Å². The highest BCUT2D eigenvalue weighted by atomic mass is 32.2. The molecule has 0 unspecified atom stereocenters. The lowest BCUT2D eigenvalue weighted by atomic mass is 9.86. The van der Waals surface area contributed by atoms with Gasteiger partial charge in [0.25, 0.3) is 10.0 Å². The molecule has 5 heteroatoms. The van der Waals surface area contributed by atoms with E-state index in [1.54, 1.807) is 48.5 Å². The highest BCUT2D eigenvalue weighted by Gasteiger charge is 2.22. The zero-order chi connectivity index (χ0) is 17.3. The molecule has 0 aliphatic heterocycles. The van der Waals surface area contributed by atoms with Crippen molar-refractivity contribution in [1.82, 2.24) is 0 Å². The number of nitrogens with one attached hydrogen (secondary N) is 1. The van der Waals surface area contributed by atoms with Crippen molar-refractivity contribution < 1.29 is 13.2 Å². The smallest absolute Gasteiger partial charge is 0.261 e. The Balaban J connectivity index is 2.21. The number of carbonyl (C=O) groups is 1. The van der Waals surface area contributed by atoms with Crippen molar-refractivity contribution in [1.29, 1.82) is 0 Å². The minimum absolute atomic E-state index is 0.0189. The Morgan fingerprint density at radius 3 is 1.91 bits per heavy atom. The average molecular weight is 331 g/mol. The Bertz CT molecular complexity index is 799. The van der Waals surface area contributed by atoms with Gasteiger partial charge in [0.1, 0.15) is 0 Å². The second-order valence-electron chi connectivity index (χ2n) is 6.58. The van der Waals surface area contributed by atoms with Gasteiger partial charge in [0.2, 0.25) is 0 Å². The zero-order valence-corrected chi connectivity index (χ0v) is 14.6. The third-order valence-electron chi connectivity index (χ3n) is 3.41. The van der Waals surface area contributed by atoms with Gasteiger partial charge >= 0.3 is 0 Å². The van der Waals surface area contributed by atoms with Crippen molar-refractivity contribution in [3.8, 4) is 0 Å². The minimum atomic E-state index is -3.63. The van der Waals surface area contributed by atoms with E-state index in [0.717, 1.165) is 5.56 Å². The SMILES string of the molecule is Cc1ccc(S(=O)(=O)Nc2ccc(C(=O)C(C)(C)C)cc2)cc1. The number of sulfonamides is 1. The summed E-state index contributed by atoms with van der Waals surface area (Å²) in [6, 6.07) is 13.1. The summed E-state index contributed by atoms with van der Waals surface area (Å²) in [5, 5.41) is 0. The number of hydrogen-bond donors (Lipinski definition) is 1. The highest BCUT2D eigenvalue weighted by molar-refractivity contribution is 7.92. The van der Waals surface area contributed by atoms with Crippen molar-refractivity contribution in [3.63, 3.8) is 0 Å². The Morgan fingerprint density at radius 1 is 0.913 bits per heavy atom. The molecule has 4 nitrogen and oxygen atoms in total. The van der Waals surface area contributed by atoms with Gasteiger partial charge in [0, 0.05) is 16.7 Å². The molecule has 0 aliphatic carbocycles. The second-order valence-corrected chi connectivity index (χ2v) is 8.26. The lowest BCUT2D eigenvalue weighted by Gasteiger charge is -2.16. The lowest BCUT2D eigenvalue weighted by molar-refractivity contribution is 0.0858. The molecular formula is C18H21NO3S. The van der Waals surface area contributed by atoms with Gasteiger partial charge in [0.05, 0.1) is 4.90 Å². The van der Waals surface area contributed by atoms with Gasteiger partial charge < -0.3 is 0 Å². The summed E-state index contributed by atoms with van der Waals surface area (Å²) in [4.78, 5) is 12.4. The van der Waals surface area contributed by atoms with Crippen molar-refractivity contribution in [2.45, 2.75) is 32.6 Å². The van der Waals surface area contributed by atoms with Gasteiger partial charge in [-0.2, -0.15) is 0 Å². The molecule has 0 aliphatic rings. The summed E-state index contributed by atoms with van der Waals surface area (Å²) in [7, 11) is -3.63. The minimum Gasteiger partial charge on any atom is -0.294 e. The Labute approximate surface area is 137 Å². The van der Waals surface area contributed by atoms with Crippen LogP contribution in [0.1, 0.15) is 36.7 Å². The summed E-state index contributed by atoms with van der Waals surface area (Å²) in [5.41, 5.74) is 1.52. The first-order valence-electron chi connectivity index (χ1n) is 7.34.